The number of carboxylic acids is 1. The lowest BCUT2D eigenvalue weighted by molar-refractivity contribution is -0.118. The summed E-state index contributed by atoms with van der Waals surface area (Å²) in [5, 5.41) is 12.0. The van der Waals surface area contributed by atoms with Crippen molar-refractivity contribution < 1.29 is 23.9 Å². The van der Waals surface area contributed by atoms with E-state index in [0.29, 0.717) is 6.42 Å². The van der Waals surface area contributed by atoms with Crippen molar-refractivity contribution in [3.05, 3.63) is 23.2 Å². The topological polar surface area (TPSA) is 123 Å². The van der Waals surface area contributed by atoms with Gasteiger partial charge in [0.2, 0.25) is 5.91 Å². The summed E-state index contributed by atoms with van der Waals surface area (Å²) in [5.41, 5.74) is 5.30. The minimum Gasteiger partial charge on any atom is -0.478 e. The van der Waals surface area contributed by atoms with Crippen molar-refractivity contribution >= 4 is 17.8 Å². The molecule has 4 N–H and O–H groups in total. The van der Waals surface area contributed by atoms with Gasteiger partial charge in [0.05, 0.1) is 0 Å². The van der Waals surface area contributed by atoms with Crippen LogP contribution in [0.1, 0.15) is 72.1 Å². The number of carboxylic acid groups (broad SMARTS) is 1. The zero-order valence-corrected chi connectivity index (χ0v) is 13.8. The van der Waals surface area contributed by atoms with Gasteiger partial charge in [0, 0.05) is 24.9 Å². The highest BCUT2D eigenvalue weighted by Crippen LogP contribution is 2.28. The van der Waals surface area contributed by atoms with Gasteiger partial charge in [-0.3, -0.25) is 9.59 Å². The Morgan fingerprint density at radius 3 is 2.50 bits per heavy atom. The highest BCUT2D eigenvalue weighted by atomic mass is 16.4. The molecule has 7 nitrogen and oxygen atoms in total. The van der Waals surface area contributed by atoms with Crippen molar-refractivity contribution in [1.82, 2.24) is 5.32 Å². The Bertz CT molecular complexity index is 616. The van der Waals surface area contributed by atoms with Crippen LogP contribution in [-0.4, -0.2) is 28.9 Å². The number of furan rings is 1. The molecule has 2 rings (SSSR count). The Balaban J connectivity index is 2.14. The summed E-state index contributed by atoms with van der Waals surface area (Å²) >= 11 is 0. The summed E-state index contributed by atoms with van der Waals surface area (Å²) in [5.74, 6) is -1.68. The van der Waals surface area contributed by atoms with Gasteiger partial charge in [0.15, 0.2) is 5.76 Å². The predicted molar refractivity (Wildman–Crippen MR) is 86.7 cm³/mol. The van der Waals surface area contributed by atoms with E-state index in [1.807, 2.05) is 0 Å². The van der Waals surface area contributed by atoms with E-state index in [2.05, 4.69) is 5.32 Å². The van der Waals surface area contributed by atoms with E-state index < -0.39 is 17.8 Å². The number of carbonyl (C=O) groups is 3. The third-order valence-corrected chi connectivity index (χ3v) is 4.54. The summed E-state index contributed by atoms with van der Waals surface area (Å²) in [6, 6.07) is 0.886. The van der Waals surface area contributed by atoms with Crippen LogP contribution < -0.4 is 11.1 Å². The maximum absolute atomic E-state index is 12.4. The van der Waals surface area contributed by atoms with Gasteiger partial charge >= 0.3 is 5.97 Å². The fraction of sp³-hybridized carbons (Fsp3) is 0.588. The lowest BCUT2D eigenvalue weighted by Crippen LogP contribution is -2.43. The number of hydrogen-bond donors (Lipinski definition) is 3. The average Bonchev–Trinajstić information content (AvgIpc) is 2.99. The Morgan fingerprint density at radius 2 is 2.00 bits per heavy atom. The smallest absolute Gasteiger partial charge is 0.339 e. The maximum atomic E-state index is 12.4. The van der Waals surface area contributed by atoms with Crippen LogP contribution in [0.25, 0.3) is 0 Å². The molecule has 1 unspecified atom stereocenters. The molecule has 1 atom stereocenters. The molecule has 1 aliphatic rings. The van der Waals surface area contributed by atoms with E-state index >= 15 is 0 Å². The number of primary amides is 1. The number of aromatic carboxylic acids is 1. The zero-order chi connectivity index (χ0) is 17.7. The van der Waals surface area contributed by atoms with Gasteiger partial charge in [-0.1, -0.05) is 26.2 Å². The number of aryl methyl sites for hydroxylation is 1. The van der Waals surface area contributed by atoms with Crippen LogP contribution in [0.2, 0.25) is 0 Å². The number of carbonyl (C=O) groups excluding carboxylic acids is 2. The highest BCUT2D eigenvalue weighted by Gasteiger charge is 2.28. The molecule has 132 valence electrons. The van der Waals surface area contributed by atoms with Crippen molar-refractivity contribution in [1.29, 1.82) is 0 Å². The lowest BCUT2D eigenvalue weighted by atomic mass is 9.82. The first kappa shape index (κ1) is 18.0. The second-order valence-corrected chi connectivity index (χ2v) is 6.25. The fourth-order valence-electron chi connectivity index (χ4n) is 3.31. The molecule has 2 amide bonds. The predicted octanol–water partition coefficient (Wildman–Crippen LogP) is 2.09. The van der Waals surface area contributed by atoms with E-state index in [4.69, 9.17) is 15.3 Å². The number of nitrogens with two attached hydrogens (primary N) is 1. The van der Waals surface area contributed by atoms with Crippen LogP contribution in [0, 0.1) is 5.92 Å². The fourth-order valence-corrected chi connectivity index (χ4v) is 3.31. The first-order valence-electron chi connectivity index (χ1n) is 8.37. The van der Waals surface area contributed by atoms with Crippen LogP contribution in [0.4, 0.5) is 0 Å². The van der Waals surface area contributed by atoms with Gasteiger partial charge in [-0.15, -0.1) is 0 Å². The Kier molecular flexibility index (Phi) is 6.00. The Morgan fingerprint density at radius 1 is 1.33 bits per heavy atom. The normalized spacial score (nSPS) is 16.5. The average molecular weight is 336 g/mol. The van der Waals surface area contributed by atoms with Gasteiger partial charge in [-0.05, 0) is 18.8 Å². The number of hydrogen-bond acceptors (Lipinski definition) is 4. The molecule has 24 heavy (non-hydrogen) atoms. The molecule has 0 bridgehead atoms. The van der Waals surface area contributed by atoms with Crippen molar-refractivity contribution in [2.75, 3.05) is 0 Å². The second-order valence-electron chi connectivity index (χ2n) is 6.25. The SMILES string of the molecule is CCc1oc(C(=O)NC(CC(N)=O)C2CCCCC2)cc1C(=O)O. The van der Waals surface area contributed by atoms with E-state index in [0.717, 1.165) is 32.1 Å². The minimum atomic E-state index is -1.13. The van der Waals surface area contributed by atoms with Crippen LogP contribution in [0.15, 0.2) is 10.5 Å². The van der Waals surface area contributed by atoms with E-state index in [9.17, 15) is 14.4 Å². The minimum absolute atomic E-state index is 0.00762. The number of nitrogens with one attached hydrogen (secondary N) is 1. The molecule has 1 aromatic heterocycles. The molecule has 0 radical (unpaired) electrons. The Hall–Kier alpha value is -2.31. The number of rotatable bonds is 7. The monoisotopic (exact) mass is 336 g/mol. The zero-order valence-electron chi connectivity index (χ0n) is 13.8. The molecule has 0 spiro atoms. The second kappa shape index (κ2) is 7.99. The maximum Gasteiger partial charge on any atom is 0.339 e. The lowest BCUT2D eigenvalue weighted by Gasteiger charge is -2.30. The third-order valence-electron chi connectivity index (χ3n) is 4.54. The quantitative estimate of drug-likeness (QED) is 0.703. The third kappa shape index (κ3) is 4.37. The van der Waals surface area contributed by atoms with Crippen molar-refractivity contribution in [2.45, 2.75) is 57.9 Å². The molecule has 7 heteroatoms. The first-order valence-corrected chi connectivity index (χ1v) is 8.37. The van der Waals surface area contributed by atoms with Crippen molar-refractivity contribution in [3.63, 3.8) is 0 Å². The summed E-state index contributed by atoms with van der Waals surface area (Å²) < 4.78 is 5.37. The molecule has 1 saturated carbocycles. The molecule has 1 aromatic rings. The number of amides is 2. The molecule has 1 heterocycles. The molecule has 0 aromatic carbocycles. The van der Waals surface area contributed by atoms with Crippen LogP contribution >= 0.6 is 0 Å². The van der Waals surface area contributed by atoms with Crippen LogP contribution in [-0.2, 0) is 11.2 Å². The molecule has 1 aliphatic carbocycles. The summed E-state index contributed by atoms with van der Waals surface area (Å²) in [4.78, 5) is 34.9. The van der Waals surface area contributed by atoms with Crippen molar-refractivity contribution in [3.8, 4) is 0 Å². The van der Waals surface area contributed by atoms with Gasteiger partial charge in [0.25, 0.3) is 5.91 Å². The summed E-state index contributed by atoms with van der Waals surface area (Å²) in [7, 11) is 0. The molecule has 1 fully saturated rings. The van der Waals surface area contributed by atoms with Gasteiger partial charge in [-0.25, -0.2) is 4.79 Å². The molecule has 0 saturated heterocycles. The van der Waals surface area contributed by atoms with E-state index in [1.54, 1.807) is 6.92 Å². The Labute approximate surface area is 140 Å². The standard InChI is InChI=1S/C17H24N2O5/c1-2-13-11(17(22)23)8-14(24-13)16(21)19-12(9-15(18)20)10-6-4-3-5-7-10/h8,10,12H,2-7,9H2,1H3,(H2,18,20)(H,19,21)(H,22,23). The molecule has 0 aliphatic heterocycles. The summed E-state index contributed by atoms with van der Waals surface area (Å²) in [6.45, 7) is 1.75. The molecular formula is C17H24N2O5. The molecular weight excluding hydrogens is 312 g/mol. The van der Waals surface area contributed by atoms with Crippen LogP contribution in [0.3, 0.4) is 0 Å². The van der Waals surface area contributed by atoms with Gasteiger partial charge < -0.3 is 20.6 Å². The largest absolute Gasteiger partial charge is 0.478 e. The first-order chi connectivity index (χ1) is 11.4. The highest BCUT2D eigenvalue weighted by molar-refractivity contribution is 5.96. The van der Waals surface area contributed by atoms with Crippen molar-refractivity contribution in [2.24, 2.45) is 11.7 Å². The van der Waals surface area contributed by atoms with E-state index in [-0.39, 0.29) is 35.5 Å². The van der Waals surface area contributed by atoms with Crippen LogP contribution in [0.5, 0.6) is 0 Å². The van der Waals surface area contributed by atoms with Gasteiger partial charge in [0.1, 0.15) is 11.3 Å². The summed E-state index contributed by atoms with van der Waals surface area (Å²) in [6.07, 6.45) is 5.63. The van der Waals surface area contributed by atoms with Gasteiger partial charge in [-0.2, -0.15) is 0 Å². The van der Waals surface area contributed by atoms with E-state index in [1.165, 1.54) is 6.07 Å².